The van der Waals surface area contributed by atoms with E-state index in [1.165, 1.54) is 6.07 Å². The van der Waals surface area contributed by atoms with Gasteiger partial charge in [0.1, 0.15) is 0 Å². The third-order valence-corrected chi connectivity index (χ3v) is 6.43. The lowest BCUT2D eigenvalue weighted by Gasteiger charge is -2.29. The monoisotopic (exact) mass is 518 g/mol. The van der Waals surface area contributed by atoms with Gasteiger partial charge < -0.3 is 4.84 Å². The lowest BCUT2D eigenvalue weighted by molar-refractivity contribution is -0.275. The van der Waals surface area contributed by atoms with Crippen molar-refractivity contribution in [2.24, 2.45) is 5.16 Å². The van der Waals surface area contributed by atoms with Crippen molar-refractivity contribution in [3.63, 3.8) is 0 Å². The van der Waals surface area contributed by atoms with E-state index in [1.54, 1.807) is 48.5 Å². The Hall–Kier alpha value is -3.36. The van der Waals surface area contributed by atoms with Gasteiger partial charge in [-0.2, -0.15) is 13.2 Å². The van der Waals surface area contributed by atoms with Crippen LogP contribution in [0.25, 0.3) is 0 Å². The molecule has 0 N–H and O–H groups in total. The lowest BCUT2D eigenvalue weighted by Crippen LogP contribution is -2.42. The van der Waals surface area contributed by atoms with Crippen molar-refractivity contribution in [2.45, 2.75) is 24.7 Å². The molecule has 35 heavy (non-hydrogen) atoms. The molecular weight excluding hydrogens is 504 g/mol. The number of rotatable bonds is 4. The number of carbonyl (C=O) groups is 2. The van der Waals surface area contributed by atoms with Crippen LogP contribution in [0.2, 0.25) is 10.0 Å². The Bertz CT molecular complexity index is 1350. The van der Waals surface area contributed by atoms with Crippen LogP contribution in [-0.4, -0.2) is 28.6 Å². The van der Waals surface area contributed by atoms with Gasteiger partial charge in [0.15, 0.2) is 0 Å². The van der Waals surface area contributed by atoms with Crippen molar-refractivity contribution in [3.8, 4) is 0 Å². The molecule has 0 spiro atoms. The highest BCUT2D eigenvalue weighted by Crippen LogP contribution is 2.49. The second-order valence-corrected chi connectivity index (χ2v) is 9.10. The first-order valence-electron chi connectivity index (χ1n) is 10.4. The number of halogens is 5. The third kappa shape index (κ3) is 3.96. The van der Waals surface area contributed by atoms with Crippen molar-refractivity contribution >= 4 is 40.7 Å². The van der Waals surface area contributed by atoms with Crippen LogP contribution in [0.15, 0.2) is 71.9 Å². The predicted molar refractivity (Wildman–Crippen MR) is 124 cm³/mol. The number of alkyl halides is 3. The molecule has 178 valence electrons. The van der Waals surface area contributed by atoms with Gasteiger partial charge in [-0.3, -0.25) is 14.5 Å². The van der Waals surface area contributed by atoms with E-state index < -0.39 is 30.0 Å². The normalized spacial score (nSPS) is 19.6. The molecule has 3 aromatic rings. The first-order valence-corrected chi connectivity index (χ1v) is 11.2. The molecule has 0 saturated heterocycles. The summed E-state index contributed by atoms with van der Waals surface area (Å²) in [6, 6.07) is 16.6. The molecule has 10 heteroatoms. The summed E-state index contributed by atoms with van der Waals surface area (Å²) in [6.07, 6.45) is -5.42. The second kappa shape index (κ2) is 8.39. The molecule has 5 nitrogen and oxygen atoms in total. The van der Waals surface area contributed by atoms with Crippen LogP contribution in [0.4, 0.5) is 13.2 Å². The van der Waals surface area contributed by atoms with Gasteiger partial charge in [-0.05, 0) is 47.5 Å². The third-order valence-electron chi connectivity index (χ3n) is 5.99. The smallest absolute Gasteiger partial charge is 0.374 e. The molecule has 0 bridgehead atoms. The van der Waals surface area contributed by atoms with Gasteiger partial charge in [0.2, 0.25) is 0 Å². The zero-order valence-corrected chi connectivity index (χ0v) is 19.3. The van der Waals surface area contributed by atoms with E-state index in [-0.39, 0.29) is 27.9 Å². The van der Waals surface area contributed by atoms with Crippen LogP contribution in [-0.2, 0) is 17.0 Å². The molecule has 2 aliphatic rings. The summed E-state index contributed by atoms with van der Waals surface area (Å²) in [7, 11) is 0. The molecule has 2 aliphatic heterocycles. The largest absolute Gasteiger partial charge is 0.435 e. The van der Waals surface area contributed by atoms with Gasteiger partial charge >= 0.3 is 6.18 Å². The number of amides is 2. The van der Waals surface area contributed by atoms with Gasteiger partial charge in [-0.1, -0.05) is 58.7 Å². The Morgan fingerprint density at radius 1 is 0.914 bits per heavy atom. The number of hydrogen-bond acceptors (Lipinski definition) is 4. The summed E-state index contributed by atoms with van der Waals surface area (Å²) in [6.45, 7) is -0.0390. The van der Waals surface area contributed by atoms with E-state index in [2.05, 4.69) is 5.16 Å². The zero-order valence-electron chi connectivity index (χ0n) is 17.8. The van der Waals surface area contributed by atoms with E-state index in [0.717, 1.165) is 17.0 Å². The van der Waals surface area contributed by atoms with Crippen molar-refractivity contribution in [1.82, 2.24) is 4.90 Å². The quantitative estimate of drug-likeness (QED) is 0.377. The van der Waals surface area contributed by atoms with Gasteiger partial charge in [0.05, 0.1) is 23.4 Å². The standard InChI is InChI=1S/C25H15Cl2F3N2O3/c26-17-9-16(10-18(27)11-17)24(25(28,29)30)12-21(31-35-24)15-5-3-4-14(8-15)13-32-22(33)19-6-1-2-7-20(19)23(32)34/h1-11H,12-13H2. The van der Waals surface area contributed by atoms with Gasteiger partial charge in [-0.25, -0.2) is 0 Å². The molecular formula is C25H15Cl2F3N2O3. The van der Waals surface area contributed by atoms with Crippen LogP contribution >= 0.6 is 23.2 Å². The molecule has 0 radical (unpaired) electrons. The van der Waals surface area contributed by atoms with Gasteiger partial charge in [-0.15, -0.1) is 0 Å². The maximum atomic E-state index is 14.3. The highest BCUT2D eigenvalue weighted by molar-refractivity contribution is 6.34. The molecule has 0 aromatic heterocycles. The average molecular weight is 519 g/mol. The SMILES string of the molecule is O=C1c2ccccc2C(=O)N1Cc1cccc(C2=NOC(c3cc(Cl)cc(Cl)c3)(C(F)(F)F)C2)c1. The Labute approximate surface area is 207 Å². The fraction of sp³-hybridized carbons (Fsp3) is 0.160. The number of oxime groups is 1. The molecule has 2 heterocycles. The first-order chi connectivity index (χ1) is 16.6. The Morgan fingerprint density at radius 2 is 1.54 bits per heavy atom. The van der Waals surface area contributed by atoms with E-state index in [4.69, 9.17) is 28.0 Å². The number of imide groups is 1. The minimum absolute atomic E-state index is 0.0381. The number of nitrogens with zero attached hydrogens (tertiary/aromatic N) is 2. The molecule has 0 saturated carbocycles. The van der Waals surface area contributed by atoms with Crippen molar-refractivity contribution < 1.29 is 27.6 Å². The molecule has 2 amide bonds. The number of hydrogen-bond donors (Lipinski definition) is 0. The molecule has 1 unspecified atom stereocenters. The van der Waals surface area contributed by atoms with Crippen LogP contribution < -0.4 is 0 Å². The summed E-state index contributed by atoms with van der Waals surface area (Å²) >= 11 is 11.9. The molecule has 5 rings (SSSR count). The second-order valence-electron chi connectivity index (χ2n) is 8.23. The summed E-state index contributed by atoms with van der Waals surface area (Å²) < 4.78 is 42.8. The average Bonchev–Trinajstić information content (AvgIpc) is 3.37. The van der Waals surface area contributed by atoms with E-state index >= 15 is 0 Å². The van der Waals surface area contributed by atoms with Crippen LogP contribution in [0.5, 0.6) is 0 Å². The van der Waals surface area contributed by atoms with Gasteiger partial charge in [0, 0.05) is 22.0 Å². The maximum absolute atomic E-state index is 14.3. The van der Waals surface area contributed by atoms with Crippen LogP contribution in [0, 0.1) is 0 Å². The van der Waals surface area contributed by atoms with Gasteiger partial charge in [0.25, 0.3) is 17.4 Å². The van der Waals surface area contributed by atoms with Crippen molar-refractivity contribution in [3.05, 3.63) is 105 Å². The highest BCUT2D eigenvalue weighted by atomic mass is 35.5. The highest BCUT2D eigenvalue weighted by Gasteiger charge is 2.62. The number of fused-ring (bicyclic) bond motifs is 1. The van der Waals surface area contributed by atoms with Crippen molar-refractivity contribution in [2.75, 3.05) is 0 Å². The Balaban J connectivity index is 1.42. The molecule has 3 aromatic carbocycles. The fourth-order valence-electron chi connectivity index (χ4n) is 4.26. The summed E-state index contributed by atoms with van der Waals surface area (Å²) in [5, 5.41) is 3.84. The number of benzene rings is 3. The Kier molecular flexibility index (Phi) is 5.61. The van der Waals surface area contributed by atoms with E-state index in [0.29, 0.717) is 22.3 Å². The topological polar surface area (TPSA) is 59.0 Å². The summed E-state index contributed by atoms with van der Waals surface area (Å²) in [5.74, 6) is -0.849. The first kappa shape index (κ1) is 23.4. The lowest BCUT2D eigenvalue weighted by atomic mass is 9.86. The zero-order chi connectivity index (χ0) is 25.0. The number of carbonyl (C=O) groups excluding carboxylic acids is 2. The summed E-state index contributed by atoms with van der Waals surface area (Å²) in [4.78, 5) is 31.5. The molecule has 0 fully saturated rings. The van der Waals surface area contributed by atoms with Crippen molar-refractivity contribution in [1.29, 1.82) is 0 Å². The maximum Gasteiger partial charge on any atom is 0.435 e. The predicted octanol–water partition coefficient (Wildman–Crippen LogP) is 6.37. The Morgan fingerprint density at radius 3 is 2.14 bits per heavy atom. The van der Waals surface area contributed by atoms with E-state index in [9.17, 15) is 22.8 Å². The minimum Gasteiger partial charge on any atom is -0.374 e. The molecule has 0 aliphatic carbocycles. The summed E-state index contributed by atoms with van der Waals surface area (Å²) in [5.41, 5.74) is -1.40. The fourth-order valence-corrected chi connectivity index (χ4v) is 4.79. The van der Waals surface area contributed by atoms with Crippen LogP contribution in [0.1, 0.15) is 43.8 Å². The molecule has 1 atom stereocenters. The van der Waals surface area contributed by atoms with E-state index in [1.807, 2.05) is 0 Å². The van der Waals surface area contributed by atoms with Crippen LogP contribution in [0.3, 0.4) is 0 Å². The minimum atomic E-state index is -4.82.